The Bertz CT molecular complexity index is 950. The molecule has 2 heterocycles. The second-order valence-electron chi connectivity index (χ2n) is 7.36. The van der Waals surface area contributed by atoms with Crippen molar-refractivity contribution >= 4 is 11.8 Å². The average Bonchev–Trinajstić information content (AvgIpc) is 3.18. The second-order valence-corrected chi connectivity index (χ2v) is 7.36. The highest BCUT2D eigenvalue weighted by Gasteiger charge is 2.51. The average molecular weight is 353 g/mol. The van der Waals surface area contributed by atoms with Gasteiger partial charge in [-0.05, 0) is 29.7 Å². The van der Waals surface area contributed by atoms with Crippen LogP contribution in [0.1, 0.15) is 29.2 Å². The van der Waals surface area contributed by atoms with E-state index in [0.29, 0.717) is 5.92 Å². The highest BCUT2D eigenvalue weighted by Crippen LogP contribution is 2.54. The number of hydrogen-bond donors (Lipinski definition) is 1. The Kier molecular flexibility index (Phi) is 4.06. The lowest BCUT2D eigenvalue weighted by molar-refractivity contribution is 0.00976. The van der Waals surface area contributed by atoms with Crippen LogP contribution in [0.3, 0.4) is 0 Å². The van der Waals surface area contributed by atoms with Gasteiger partial charge < -0.3 is 10.1 Å². The van der Waals surface area contributed by atoms with Crippen molar-refractivity contribution in [3.05, 3.63) is 108 Å². The molecule has 0 radical (unpaired) electrons. The third kappa shape index (κ3) is 2.77. The second kappa shape index (κ2) is 6.71. The van der Waals surface area contributed by atoms with Gasteiger partial charge in [0.15, 0.2) is 0 Å². The van der Waals surface area contributed by atoms with E-state index in [1.807, 2.05) is 0 Å². The fraction of sp³-hybridized carbons (Fsp3) is 0.200. The van der Waals surface area contributed by atoms with Crippen molar-refractivity contribution in [2.75, 3.05) is 11.9 Å². The summed E-state index contributed by atoms with van der Waals surface area (Å²) in [5, 5.41) is 3.79. The van der Waals surface area contributed by atoms with Crippen molar-refractivity contribution in [3.8, 4) is 0 Å². The minimum Gasteiger partial charge on any atom is -0.377 e. The normalized spacial score (nSPS) is 26.4. The third-order valence-corrected chi connectivity index (χ3v) is 5.86. The molecule has 1 N–H and O–H groups in total. The molecule has 1 fully saturated rings. The van der Waals surface area contributed by atoms with Gasteiger partial charge in [0.25, 0.3) is 0 Å². The van der Waals surface area contributed by atoms with Crippen LogP contribution in [-0.4, -0.2) is 6.61 Å². The molecule has 0 spiro atoms. The minimum absolute atomic E-state index is 0.240. The number of nitrogens with one attached hydrogen (secondary N) is 1. The van der Waals surface area contributed by atoms with Gasteiger partial charge in [0.1, 0.15) is 5.60 Å². The number of benzene rings is 3. The Morgan fingerprint density at radius 3 is 2.37 bits per heavy atom. The molecule has 2 aliphatic heterocycles. The van der Waals surface area contributed by atoms with Crippen molar-refractivity contribution in [2.45, 2.75) is 18.1 Å². The topological polar surface area (TPSA) is 21.3 Å². The maximum Gasteiger partial charge on any atom is 0.119 e. The zero-order chi connectivity index (χ0) is 18.1. The summed E-state index contributed by atoms with van der Waals surface area (Å²) in [5.41, 5.74) is 4.54. The SMILES string of the molecule is C(=C\[C@@]12OCC[C@@H]1[C@@H](c1ccccc1)Nc1ccccc12)/c1ccccc1. The van der Waals surface area contributed by atoms with E-state index in [0.717, 1.165) is 13.0 Å². The van der Waals surface area contributed by atoms with Crippen LogP contribution >= 0.6 is 0 Å². The Labute approximate surface area is 160 Å². The highest BCUT2D eigenvalue weighted by molar-refractivity contribution is 5.63. The van der Waals surface area contributed by atoms with Gasteiger partial charge in [-0.15, -0.1) is 0 Å². The molecule has 3 aromatic rings. The smallest absolute Gasteiger partial charge is 0.119 e. The van der Waals surface area contributed by atoms with Crippen LogP contribution in [0.2, 0.25) is 0 Å². The van der Waals surface area contributed by atoms with Crippen molar-refractivity contribution in [1.29, 1.82) is 0 Å². The molecule has 27 heavy (non-hydrogen) atoms. The quantitative estimate of drug-likeness (QED) is 0.642. The van der Waals surface area contributed by atoms with Crippen LogP contribution in [0.25, 0.3) is 6.08 Å². The number of rotatable bonds is 3. The Morgan fingerprint density at radius 1 is 0.852 bits per heavy atom. The first-order chi connectivity index (χ1) is 13.4. The molecule has 2 heteroatoms. The summed E-state index contributed by atoms with van der Waals surface area (Å²) in [6.45, 7) is 0.781. The predicted octanol–water partition coefficient (Wildman–Crippen LogP) is 5.80. The zero-order valence-electron chi connectivity index (χ0n) is 15.2. The van der Waals surface area contributed by atoms with Crippen molar-refractivity contribution in [3.63, 3.8) is 0 Å². The summed E-state index contributed by atoms with van der Waals surface area (Å²) < 4.78 is 6.52. The third-order valence-electron chi connectivity index (χ3n) is 5.86. The molecule has 2 aliphatic rings. The lowest BCUT2D eigenvalue weighted by Crippen LogP contribution is -2.41. The van der Waals surface area contributed by atoms with E-state index in [2.05, 4.69) is 102 Å². The fourth-order valence-electron chi connectivity index (χ4n) is 4.61. The van der Waals surface area contributed by atoms with Crippen LogP contribution in [0.5, 0.6) is 0 Å². The van der Waals surface area contributed by atoms with Gasteiger partial charge in [-0.3, -0.25) is 0 Å². The van der Waals surface area contributed by atoms with E-state index >= 15 is 0 Å². The molecule has 0 saturated carbocycles. The maximum absolute atomic E-state index is 6.52. The van der Waals surface area contributed by atoms with Crippen molar-refractivity contribution in [2.24, 2.45) is 5.92 Å². The summed E-state index contributed by atoms with van der Waals surface area (Å²) in [7, 11) is 0. The molecule has 0 aromatic heterocycles. The summed E-state index contributed by atoms with van der Waals surface area (Å²) in [6, 6.07) is 30.1. The molecule has 1 saturated heterocycles. The molecule has 0 aliphatic carbocycles. The molecule has 0 amide bonds. The van der Waals surface area contributed by atoms with Crippen molar-refractivity contribution in [1.82, 2.24) is 0 Å². The predicted molar refractivity (Wildman–Crippen MR) is 110 cm³/mol. The first kappa shape index (κ1) is 16.3. The lowest BCUT2D eigenvalue weighted by atomic mass is 9.71. The molecule has 0 unspecified atom stereocenters. The van der Waals surface area contributed by atoms with Crippen LogP contribution in [0.15, 0.2) is 91.0 Å². The molecule has 5 rings (SSSR count). The summed E-state index contributed by atoms with van der Waals surface area (Å²) in [6.07, 6.45) is 5.54. The molecular formula is C25H23NO. The minimum atomic E-state index is -0.391. The first-order valence-corrected chi connectivity index (χ1v) is 9.66. The summed E-state index contributed by atoms with van der Waals surface area (Å²) in [4.78, 5) is 0. The summed E-state index contributed by atoms with van der Waals surface area (Å²) >= 11 is 0. The number of fused-ring (bicyclic) bond motifs is 3. The molecule has 3 aromatic carbocycles. The van der Waals surface area contributed by atoms with E-state index < -0.39 is 5.60 Å². The van der Waals surface area contributed by atoms with Crippen LogP contribution in [0.4, 0.5) is 5.69 Å². The highest BCUT2D eigenvalue weighted by atomic mass is 16.5. The van der Waals surface area contributed by atoms with Gasteiger partial charge in [-0.1, -0.05) is 84.9 Å². The van der Waals surface area contributed by atoms with Gasteiger partial charge >= 0.3 is 0 Å². The Hall–Kier alpha value is -2.84. The Balaban J connectivity index is 1.64. The van der Waals surface area contributed by atoms with E-state index in [4.69, 9.17) is 4.74 Å². The fourth-order valence-corrected chi connectivity index (χ4v) is 4.61. The summed E-state index contributed by atoms with van der Waals surface area (Å²) in [5.74, 6) is 0.356. The molecule has 2 nitrogen and oxygen atoms in total. The van der Waals surface area contributed by atoms with Gasteiger partial charge in [-0.2, -0.15) is 0 Å². The van der Waals surface area contributed by atoms with Gasteiger partial charge in [-0.25, -0.2) is 0 Å². The van der Waals surface area contributed by atoms with Crippen LogP contribution in [-0.2, 0) is 10.3 Å². The molecule has 134 valence electrons. The van der Waals surface area contributed by atoms with Gasteiger partial charge in [0.05, 0.1) is 6.04 Å². The van der Waals surface area contributed by atoms with E-state index in [1.165, 1.54) is 22.4 Å². The Morgan fingerprint density at radius 2 is 1.56 bits per heavy atom. The van der Waals surface area contributed by atoms with E-state index in [1.54, 1.807) is 0 Å². The maximum atomic E-state index is 6.52. The standard InChI is InChI=1S/C25H23NO/c1-3-9-19(10-4-1)15-17-25-21-13-7-8-14-23(21)26-24(22(25)16-18-27-25)20-11-5-2-6-12-20/h1-15,17,22,24,26H,16,18H2/b17-15+/t22-,24-,25+/m1/s1. The molecule has 0 bridgehead atoms. The number of anilines is 1. The number of ether oxygens (including phenoxy) is 1. The van der Waals surface area contributed by atoms with E-state index in [9.17, 15) is 0 Å². The molecular weight excluding hydrogens is 330 g/mol. The van der Waals surface area contributed by atoms with Gasteiger partial charge in [0.2, 0.25) is 0 Å². The first-order valence-electron chi connectivity index (χ1n) is 9.66. The van der Waals surface area contributed by atoms with E-state index in [-0.39, 0.29) is 6.04 Å². The van der Waals surface area contributed by atoms with Crippen LogP contribution in [0, 0.1) is 5.92 Å². The zero-order valence-corrected chi connectivity index (χ0v) is 15.2. The van der Waals surface area contributed by atoms with Crippen molar-refractivity contribution < 1.29 is 4.74 Å². The number of hydrogen-bond acceptors (Lipinski definition) is 2. The monoisotopic (exact) mass is 353 g/mol. The lowest BCUT2D eigenvalue weighted by Gasteiger charge is -2.44. The van der Waals surface area contributed by atoms with Crippen LogP contribution < -0.4 is 5.32 Å². The molecule has 3 atom stereocenters. The number of para-hydroxylation sites is 1. The van der Waals surface area contributed by atoms with Gasteiger partial charge in [0, 0.05) is 23.8 Å². The largest absolute Gasteiger partial charge is 0.377 e.